The first-order valence-electron chi connectivity index (χ1n) is 7.22. The zero-order chi connectivity index (χ0) is 16.2. The van der Waals surface area contributed by atoms with Crippen LogP contribution in [0.1, 0.15) is 21.3 Å². The number of nitrogens with zero attached hydrogens (tertiary/aromatic N) is 1. The van der Waals surface area contributed by atoms with E-state index >= 15 is 0 Å². The van der Waals surface area contributed by atoms with Gasteiger partial charge in [0.05, 0.1) is 5.56 Å². The number of amides is 2. The van der Waals surface area contributed by atoms with E-state index in [1.54, 1.807) is 40.9 Å². The van der Waals surface area contributed by atoms with Gasteiger partial charge in [-0.15, -0.1) is 11.8 Å². The second-order valence-electron chi connectivity index (χ2n) is 5.14. The molecule has 1 aliphatic rings. The van der Waals surface area contributed by atoms with E-state index in [0.29, 0.717) is 6.54 Å². The summed E-state index contributed by atoms with van der Waals surface area (Å²) >= 11 is 1.67. The molecule has 0 radical (unpaired) electrons. The minimum atomic E-state index is -0.950. The Kier molecular flexibility index (Phi) is 4.52. The second-order valence-corrected chi connectivity index (χ2v) is 6.33. The number of hydrogen-bond donors (Lipinski definition) is 2. The van der Waals surface area contributed by atoms with E-state index in [4.69, 9.17) is 5.11 Å². The van der Waals surface area contributed by atoms with Gasteiger partial charge in [-0.1, -0.05) is 30.3 Å². The highest BCUT2D eigenvalue weighted by molar-refractivity contribution is 7.99. The van der Waals surface area contributed by atoms with Crippen LogP contribution in [0.25, 0.3) is 0 Å². The minimum absolute atomic E-state index is 0.0958. The Morgan fingerprint density at radius 2 is 1.78 bits per heavy atom. The Morgan fingerprint density at radius 3 is 2.43 bits per heavy atom. The number of carbonyl (C=O) groups excluding carboxylic acids is 1. The third kappa shape index (κ3) is 3.48. The second kappa shape index (κ2) is 6.75. The molecule has 1 saturated heterocycles. The van der Waals surface area contributed by atoms with Crippen molar-refractivity contribution in [1.29, 1.82) is 0 Å². The molecule has 0 spiro atoms. The van der Waals surface area contributed by atoms with Crippen molar-refractivity contribution >= 4 is 29.4 Å². The summed E-state index contributed by atoms with van der Waals surface area (Å²) in [6.45, 7) is 0.661. The van der Waals surface area contributed by atoms with E-state index in [-0.39, 0.29) is 17.0 Å². The van der Waals surface area contributed by atoms with Gasteiger partial charge in [-0.3, -0.25) is 0 Å². The summed E-state index contributed by atoms with van der Waals surface area (Å²) in [7, 11) is 0. The number of carboxylic acids is 1. The number of benzene rings is 2. The van der Waals surface area contributed by atoms with Crippen LogP contribution in [0.15, 0.2) is 54.6 Å². The van der Waals surface area contributed by atoms with Crippen LogP contribution in [-0.4, -0.2) is 34.3 Å². The smallest absolute Gasteiger partial charge is 0.335 e. The van der Waals surface area contributed by atoms with Gasteiger partial charge in [0, 0.05) is 18.0 Å². The van der Waals surface area contributed by atoms with E-state index in [9.17, 15) is 9.59 Å². The molecule has 118 valence electrons. The molecule has 0 bridgehead atoms. The van der Waals surface area contributed by atoms with Crippen molar-refractivity contribution in [2.75, 3.05) is 17.6 Å². The Bertz CT molecular complexity index is 704. The quantitative estimate of drug-likeness (QED) is 0.902. The average molecular weight is 328 g/mol. The lowest BCUT2D eigenvalue weighted by atomic mass is 10.1. The first-order chi connectivity index (χ1) is 11.1. The van der Waals surface area contributed by atoms with Gasteiger partial charge in [0.25, 0.3) is 0 Å². The van der Waals surface area contributed by atoms with E-state index in [2.05, 4.69) is 5.32 Å². The highest BCUT2D eigenvalue weighted by Crippen LogP contribution is 2.38. The molecule has 0 aliphatic carbocycles. The molecule has 1 unspecified atom stereocenters. The molecule has 1 atom stereocenters. The molecule has 5 nitrogen and oxygen atoms in total. The van der Waals surface area contributed by atoms with Crippen molar-refractivity contribution in [1.82, 2.24) is 4.90 Å². The summed E-state index contributed by atoms with van der Waals surface area (Å²) in [5.74, 6) is -0.0950. The maximum Gasteiger partial charge on any atom is 0.335 e. The SMILES string of the molecule is O=C(O)c1ccc(C2SCCN2C(=O)Nc2ccccc2)cc1. The number of carbonyl (C=O) groups is 2. The predicted octanol–water partition coefficient (Wildman–Crippen LogP) is 3.66. The molecule has 2 aromatic carbocycles. The third-order valence-electron chi connectivity index (χ3n) is 3.62. The molecule has 2 aromatic rings. The molecule has 0 aromatic heterocycles. The van der Waals surface area contributed by atoms with Gasteiger partial charge in [0.15, 0.2) is 0 Å². The Hall–Kier alpha value is -2.47. The fourth-order valence-electron chi connectivity index (χ4n) is 2.46. The zero-order valence-corrected chi connectivity index (χ0v) is 13.1. The highest BCUT2D eigenvalue weighted by Gasteiger charge is 2.30. The first kappa shape index (κ1) is 15.4. The number of anilines is 1. The Morgan fingerprint density at radius 1 is 1.09 bits per heavy atom. The lowest BCUT2D eigenvalue weighted by molar-refractivity contribution is 0.0697. The summed E-state index contributed by atoms with van der Waals surface area (Å²) in [5, 5.41) is 11.8. The molecule has 6 heteroatoms. The number of aromatic carboxylic acids is 1. The highest BCUT2D eigenvalue weighted by atomic mass is 32.2. The van der Waals surface area contributed by atoms with Crippen molar-refractivity contribution in [3.05, 3.63) is 65.7 Å². The van der Waals surface area contributed by atoms with Crippen LogP contribution >= 0.6 is 11.8 Å². The van der Waals surface area contributed by atoms with E-state index in [1.807, 2.05) is 30.3 Å². The number of urea groups is 1. The van der Waals surface area contributed by atoms with Crippen LogP contribution in [0.4, 0.5) is 10.5 Å². The molecular formula is C17H16N2O3S. The largest absolute Gasteiger partial charge is 0.478 e. The molecular weight excluding hydrogens is 312 g/mol. The van der Waals surface area contributed by atoms with Crippen molar-refractivity contribution in [2.45, 2.75) is 5.37 Å². The van der Waals surface area contributed by atoms with Crippen LogP contribution in [-0.2, 0) is 0 Å². The average Bonchev–Trinajstić information content (AvgIpc) is 3.05. The zero-order valence-electron chi connectivity index (χ0n) is 12.3. The van der Waals surface area contributed by atoms with Crippen molar-refractivity contribution in [3.63, 3.8) is 0 Å². The van der Waals surface area contributed by atoms with E-state index in [0.717, 1.165) is 17.0 Å². The fourth-order valence-corrected chi connectivity index (χ4v) is 3.72. The monoisotopic (exact) mass is 328 g/mol. The van der Waals surface area contributed by atoms with Crippen molar-refractivity contribution < 1.29 is 14.7 Å². The maximum atomic E-state index is 12.5. The summed E-state index contributed by atoms with van der Waals surface area (Å²) in [4.78, 5) is 25.2. The lowest BCUT2D eigenvalue weighted by Crippen LogP contribution is -2.34. The molecule has 3 rings (SSSR count). The normalized spacial score (nSPS) is 17.0. The molecule has 23 heavy (non-hydrogen) atoms. The van der Waals surface area contributed by atoms with Gasteiger partial charge in [0.2, 0.25) is 0 Å². The molecule has 2 amide bonds. The van der Waals surface area contributed by atoms with Gasteiger partial charge < -0.3 is 15.3 Å². The maximum absolute atomic E-state index is 12.5. The third-order valence-corrected chi connectivity index (χ3v) is 4.88. The predicted molar refractivity (Wildman–Crippen MR) is 90.8 cm³/mol. The number of para-hydroxylation sites is 1. The van der Waals surface area contributed by atoms with E-state index in [1.165, 1.54) is 0 Å². The number of nitrogens with one attached hydrogen (secondary N) is 1. The van der Waals surface area contributed by atoms with Gasteiger partial charge in [-0.05, 0) is 29.8 Å². The van der Waals surface area contributed by atoms with Gasteiger partial charge >= 0.3 is 12.0 Å². The van der Waals surface area contributed by atoms with Crippen LogP contribution < -0.4 is 5.32 Å². The summed E-state index contributed by atoms with van der Waals surface area (Å²) in [5.41, 5.74) is 1.94. The lowest BCUT2D eigenvalue weighted by Gasteiger charge is -2.24. The summed E-state index contributed by atoms with van der Waals surface area (Å²) in [6, 6.07) is 15.9. The summed E-state index contributed by atoms with van der Waals surface area (Å²) < 4.78 is 0. The molecule has 1 heterocycles. The number of thioether (sulfide) groups is 1. The van der Waals surface area contributed by atoms with E-state index < -0.39 is 5.97 Å². The van der Waals surface area contributed by atoms with Gasteiger partial charge in [0.1, 0.15) is 5.37 Å². The number of rotatable bonds is 3. The Balaban J connectivity index is 1.74. The molecule has 2 N–H and O–H groups in total. The minimum Gasteiger partial charge on any atom is -0.478 e. The van der Waals surface area contributed by atoms with Gasteiger partial charge in [-0.25, -0.2) is 9.59 Å². The number of hydrogen-bond acceptors (Lipinski definition) is 3. The molecule has 0 saturated carbocycles. The van der Waals surface area contributed by atoms with Crippen LogP contribution in [0, 0.1) is 0 Å². The first-order valence-corrected chi connectivity index (χ1v) is 8.27. The number of carboxylic acid groups (broad SMARTS) is 1. The van der Waals surface area contributed by atoms with Crippen molar-refractivity contribution in [2.24, 2.45) is 0 Å². The van der Waals surface area contributed by atoms with Crippen LogP contribution in [0.2, 0.25) is 0 Å². The molecule has 1 fully saturated rings. The Labute approximate surface area is 138 Å². The standard InChI is InChI=1S/C17H16N2O3S/c20-16(21)13-8-6-12(7-9-13)15-19(10-11-23-15)17(22)18-14-4-2-1-3-5-14/h1-9,15H,10-11H2,(H,18,22)(H,20,21). The topological polar surface area (TPSA) is 69.6 Å². The van der Waals surface area contributed by atoms with Crippen LogP contribution in [0.3, 0.4) is 0 Å². The van der Waals surface area contributed by atoms with Gasteiger partial charge in [-0.2, -0.15) is 0 Å². The molecule has 1 aliphatic heterocycles. The fraction of sp³-hybridized carbons (Fsp3) is 0.176. The van der Waals surface area contributed by atoms with Crippen molar-refractivity contribution in [3.8, 4) is 0 Å². The summed E-state index contributed by atoms with van der Waals surface area (Å²) in [6.07, 6.45) is 0. The van der Waals surface area contributed by atoms with Crippen LogP contribution in [0.5, 0.6) is 0 Å².